The summed E-state index contributed by atoms with van der Waals surface area (Å²) in [5.41, 5.74) is 7.07. The van der Waals surface area contributed by atoms with E-state index in [0.717, 1.165) is 22.8 Å². The molecule has 1 heterocycles. The van der Waals surface area contributed by atoms with E-state index in [0.29, 0.717) is 17.4 Å². The zero-order valence-electron chi connectivity index (χ0n) is 11.7. The molecular weight excluding hydrogens is 344 g/mol. The SMILES string of the molecule is Cc1cc(S(=O)(=O)NCC2CSCCS2)ccc1C(N)=S. The molecule has 116 valence electrons. The van der Waals surface area contributed by atoms with Gasteiger partial charge in [-0.3, -0.25) is 0 Å². The van der Waals surface area contributed by atoms with Crippen LogP contribution in [0, 0.1) is 6.92 Å². The van der Waals surface area contributed by atoms with Gasteiger partial charge in [0.25, 0.3) is 0 Å². The number of nitrogens with one attached hydrogen (secondary N) is 1. The molecule has 0 aliphatic carbocycles. The van der Waals surface area contributed by atoms with E-state index in [1.165, 1.54) is 0 Å². The molecule has 0 bridgehead atoms. The number of aryl methyl sites for hydroxylation is 1. The summed E-state index contributed by atoms with van der Waals surface area (Å²) in [6.45, 7) is 2.28. The molecule has 0 saturated carbocycles. The second kappa shape index (κ2) is 7.32. The lowest BCUT2D eigenvalue weighted by atomic mass is 10.1. The van der Waals surface area contributed by atoms with Crippen LogP contribution in [-0.4, -0.2) is 42.5 Å². The summed E-state index contributed by atoms with van der Waals surface area (Å²) in [6, 6.07) is 4.82. The van der Waals surface area contributed by atoms with Gasteiger partial charge in [0.05, 0.1) is 4.90 Å². The van der Waals surface area contributed by atoms with E-state index >= 15 is 0 Å². The molecule has 1 fully saturated rings. The molecule has 21 heavy (non-hydrogen) atoms. The van der Waals surface area contributed by atoms with Crippen molar-refractivity contribution in [1.29, 1.82) is 0 Å². The molecule has 3 N–H and O–H groups in total. The van der Waals surface area contributed by atoms with Gasteiger partial charge in [0, 0.05) is 34.6 Å². The first-order valence-corrected chi connectivity index (χ1v) is 10.6. The Labute approximate surface area is 139 Å². The predicted octanol–water partition coefficient (Wildman–Crippen LogP) is 1.76. The largest absolute Gasteiger partial charge is 0.389 e. The van der Waals surface area contributed by atoms with Crippen LogP contribution in [0.2, 0.25) is 0 Å². The van der Waals surface area contributed by atoms with E-state index in [1.54, 1.807) is 25.1 Å². The fourth-order valence-corrected chi connectivity index (χ4v) is 6.13. The molecule has 4 nitrogen and oxygen atoms in total. The van der Waals surface area contributed by atoms with Crippen molar-refractivity contribution >= 4 is 50.8 Å². The standard InChI is InChI=1S/C13H18N2O2S4/c1-9-6-11(2-3-12(9)13(14)18)21(16,17)15-7-10-8-19-4-5-20-10/h2-3,6,10,15H,4-5,7-8H2,1H3,(H2,14,18). The third-order valence-electron chi connectivity index (χ3n) is 3.16. The number of thioether (sulfide) groups is 2. The fraction of sp³-hybridized carbons (Fsp3) is 0.462. The molecule has 1 aliphatic rings. The minimum atomic E-state index is -3.48. The smallest absolute Gasteiger partial charge is 0.240 e. The summed E-state index contributed by atoms with van der Waals surface area (Å²) >= 11 is 8.63. The van der Waals surface area contributed by atoms with Crippen molar-refractivity contribution in [3.63, 3.8) is 0 Å². The molecule has 0 amide bonds. The highest BCUT2D eigenvalue weighted by atomic mass is 32.2. The summed E-state index contributed by atoms with van der Waals surface area (Å²) < 4.78 is 27.3. The van der Waals surface area contributed by atoms with Crippen LogP contribution in [-0.2, 0) is 10.0 Å². The molecule has 1 unspecified atom stereocenters. The van der Waals surface area contributed by atoms with Crippen molar-refractivity contribution in [2.45, 2.75) is 17.1 Å². The van der Waals surface area contributed by atoms with Crippen LogP contribution in [0.15, 0.2) is 23.1 Å². The highest BCUT2D eigenvalue weighted by Gasteiger charge is 2.20. The van der Waals surface area contributed by atoms with Gasteiger partial charge in [0.1, 0.15) is 4.99 Å². The Morgan fingerprint density at radius 1 is 1.48 bits per heavy atom. The highest BCUT2D eigenvalue weighted by molar-refractivity contribution is 8.06. The predicted molar refractivity (Wildman–Crippen MR) is 95.8 cm³/mol. The number of thiocarbonyl (C=S) groups is 1. The topological polar surface area (TPSA) is 72.2 Å². The molecule has 1 aromatic carbocycles. The van der Waals surface area contributed by atoms with Gasteiger partial charge in [-0.15, -0.1) is 0 Å². The molecule has 1 saturated heterocycles. The number of benzene rings is 1. The first-order chi connectivity index (χ1) is 9.90. The molecular formula is C13H18N2O2S4. The van der Waals surface area contributed by atoms with E-state index in [1.807, 2.05) is 23.5 Å². The van der Waals surface area contributed by atoms with Gasteiger partial charge in [0.2, 0.25) is 10.0 Å². The molecule has 0 radical (unpaired) electrons. The van der Waals surface area contributed by atoms with Gasteiger partial charge in [0.15, 0.2) is 0 Å². The van der Waals surface area contributed by atoms with Gasteiger partial charge in [-0.05, 0) is 24.6 Å². The zero-order chi connectivity index (χ0) is 15.5. The lowest BCUT2D eigenvalue weighted by molar-refractivity contribution is 0.581. The van der Waals surface area contributed by atoms with Crippen LogP contribution in [0.1, 0.15) is 11.1 Å². The number of rotatable bonds is 5. The molecule has 8 heteroatoms. The van der Waals surface area contributed by atoms with Gasteiger partial charge in [-0.1, -0.05) is 18.3 Å². The van der Waals surface area contributed by atoms with Crippen LogP contribution in [0.25, 0.3) is 0 Å². The van der Waals surface area contributed by atoms with Gasteiger partial charge in [-0.25, -0.2) is 13.1 Å². The Kier molecular flexibility index (Phi) is 5.96. The lowest BCUT2D eigenvalue weighted by Gasteiger charge is -2.21. The van der Waals surface area contributed by atoms with Crippen molar-refractivity contribution in [2.24, 2.45) is 5.73 Å². The third kappa shape index (κ3) is 4.59. The van der Waals surface area contributed by atoms with E-state index in [9.17, 15) is 8.42 Å². The van der Waals surface area contributed by atoms with E-state index < -0.39 is 10.0 Å². The second-order valence-electron chi connectivity index (χ2n) is 4.76. The summed E-state index contributed by atoms with van der Waals surface area (Å²) in [5.74, 6) is 3.22. The monoisotopic (exact) mass is 362 g/mol. The third-order valence-corrected chi connectivity index (χ3v) is 7.65. The Morgan fingerprint density at radius 3 is 2.81 bits per heavy atom. The number of hydrogen-bond acceptors (Lipinski definition) is 5. The fourth-order valence-electron chi connectivity index (χ4n) is 2.02. The van der Waals surface area contributed by atoms with Crippen LogP contribution >= 0.6 is 35.7 Å². The van der Waals surface area contributed by atoms with Crippen molar-refractivity contribution in [3.05, 3.63) is 29.3 Å². The maximum Gasteiger partial charge on any atom is 0.240 e. The average molecular weight is 363 g/mol. The van der Waals surface area contributed by atoms with Crippen molar-refractivity contribution in [2.75, 3.05) is 23.8 Å². The first kappa shape index (κ1) is 17.1. The van der Waals surface area contributed by atoms with Gasteiger partial charge in [-0.2, -0.15) is 23.5 Å². The minimum absolute atomic E-state index is 0.258. The maximum atomic E-state index is 12.3. The quantitative estimate of drug-likeness (QED) is 0.778. The summed E-state index contributed by atoms with van der Waals surface area (Å²) in [5, 5.41) is 0.343. The normalized spacial score (nSPS) is 19.4. The second-order valence-corrected chi connectivity index (χ2v) is 9.53. The average Bonchev–Trinajstić information content (AvgIpc) is 2.46. The lowest BCUT2D eigenvalue weighted by Crippen LogP contribution is -2.33. The Bertz CT molecular complexity index is 625. The van der Waals surface area contributed by atoms with Crippen LogP contribution in [0.3, 0.4) is 0 Å². The van der Waals surface area contributed by atoms with E-state index in [4.69, 9.17) is 18.0 Å². The molecule has 1 atom stereocenters. The van der Waals surface area contributed by atoms with Crippen molar-refractivity contribution in [1.82, 2.24) is 4.72 Å². The first-order valence-electron chi connectivity index (χ1n) is 6.49. The van der Waals surface area contributed by atoms with E-state index in [2.05, 4.69) is 4.72 Å². The van der Waals surface area contributed by atoms with Crippen LogP contribution < -0.4 is 10.5 Å². The molecule has 2 rings (SSSR count). The minimum Gasteiger partial charge on any atom is -0.389 e. The van der Waals surface area contributed by atoms with Crippen molar-refractivity contribution in [3.8, 4) is 0 Å². The number of nitrogens with two attached hydrogens (primary N) is 1. The Balaban J connectivity index is 2.08. The number of sulfonamides is 1. The molecule has 1 aromatic rings. The summed E-state index contributed by atoms with van der Waals surface area (Å²) in [7, 11) is -3.48. The van der Waals surface area contributed by atoms with E-state index in [-0.39, 0.29) is 9.88 Å². The molecule has 0 aromatic heterocycles. The van der Waals surface area contributed by atoms with Gasteiger partial charge < -0.3 is 5.73 Å². The van der Waals surface area contributed by atoms with Gasteiger partial charge >= 0.3 is 0 Å². The highest BCUT2D eigenvalue weighted by Crippen LogP contribution is 2.24. The maximum absolute atomic E-state index is 12.3. The Morgan fingerprint density at radius 2 is 2.24 bits per heavy atom. The summed E-state index contributed by atoms with van der Waals surface area (Å²) in [4.78, 5) is 0.536. The summed E-state index contributed by atoms with van der Waals surface area (Å²) in [6.07, 6.45) is 0. The van der Waals surface area contributed by atoms with Crippen molar-refractivity contribution < 1.29 is 8.42 Å². The number of hydrogen-bond donors (Lipinski definition) is 2. The molecule has 1 aliphatic heterocycles. The molecule has 0 spiro atoms. The zero-order valence-corrected chi connectivity index (χ0v) is 14.9. The van der Waals surface area contributed by atoms with Crippen LogP contribution in [0.4, 0.5) is 0 Å². The van der Waals surface area contributed by atoms with Crippen LogP contribution in [0.5, 0.6) is 0 Å². The Hall–Kier alpha value is -0.280.